The Labute approximate surface area is 116 Å². The van der Waals surface area contributed by atoms with Crippen LogP contribution in [0, 0.1) is 0 Å². The minimum Gasteiger partial charge on any atom is -0.492 e. The molecule has 0 saturated heterocycles. The number of hydrogen-bond acceptors (Lipinski definition) is 4. The third kappa shape index (κ3) is 4.29. The van der Waals surface area contributed by atoms with E-state index in [9.17, 15) is 13.2 Å². The molecular formula is C11H15ClN2O4S. The van der Waals surface area contributed by atoms with Crippen molar-refractivity contribution in [3.05, 3.63) is 18.2 Å². The van der Waals surface area contributed by atoms with Gasteiger partial charge in [-0.05, 0) is 25.1 Å². The van der Waals surface area contributed by atoms with Gasteiger partial charge in [0.15, 0.2) is 0 Å². The molecular weight excluding hydrogens is 292 g/mol. The Morgan fingerprint density at radius 2 is 2.05 bits per heavy atom. The molecule has 1 rings (SSSR count). The van der Waals surface area contributed by atoms with Gasteiger partial charge in [-0.2, -0.15) is 0 Å². The zero-order chi connectivity index (χ0) is 14.6. The Bertz CT molecular complexity index is 572. The zero-order valence-electron chi connectivity index (χ0n) is 10.8. The Hall–Kier alpha value is -1.47. The molecule has 1 N–H and O–H groups in total. The highest BCUT2D eigenvalue weighted by Gasteiger charge is 2.18. The summed E-state index contributed by atoms with van der Waals surface area (Å²) < 4.78 is 28.1. The van der Waals surface area contributed by atoms with Gasteiger partial charge in [-0.1, -0.05) is 0 Å². The summed E-state index contributed by atoms with van der Waals surface area (Å²) >= 11 is 0. The Kier molecular flexibility index (Phi) is 5.02. The maximum absolute atomic E-state index is 11.5. The summed E-state index contributed by atoms with van der Waals surface area (Å²) in [5, 5.41) is 2.53. The van der Waals surface area contributed by atoms with Gasteiger partial charge in [-0.25, -0.2) is 13.2 Å². The number of benzene rings is 1. The number of nitrogens with zero attached hydrogens (tertiary/aromatic N) is 1. The first kappa shape index (κ1) is 15.6. The second-order valence-corrected chi connectivity index (χ2v) is 6.39. The van der Waals surface area contributed by atoms with Crippen LogP contribution in [0.25, 0.3) is 0 Å². The molecule has 0 spiro atoms. The van der Waals surface area contributed by atoms with Crippen LogP contribution in [0.4, 0.5) is 10.5 Å². The van der Waals surface area contributed by atoms with Crippen molar-refractivity contribution >= 4 is 31.5 Å². The van der Waals surface area contributed by atoms with Gasteiger partial charge >= 0.3 is 6.03 Å². The smallest absolute Gasteiger partial charge is 0.321 e. The second kappa shape index (κ2) is 6.12. The number of amides is 2. The largest absolute Gasteiger partial charge is 0.492 e. The normalized spacial score (nSPS) is 10.9. The van der Waals surface area contributed by atoms with Crippen LogP contribution in [0.3, 0.4) is 0 Å². The number of halogens is 1. The number of ether oxygens (including phenoxy) is 1. The highest BCUT2D eigenvalue weighted by atomic mass is 35.7. The summed E-state index contributed by atoms with van der Waals surface area (Å²) in [5.74, 6) is 0.153. The van der Waals surface area contributed by atoms with E-state index in [4.69, 9.17) is 15.4 Å². The molecule has 19 heavy (non-hydrogen) atoms. The first-order valence-electron chi connectivity index (χ1n) is 5.45. The molecule has 0 aliphatic heterocycles. The summed E-state index contributed by atoms with van der Waals surface area (Å²) in [5.41, 5.74) is 0.321. The van der Waals surface area contributed by atoms with E-state index in [0.717, 1.165) is 0 Å². The SMILES string of the molecule is CCOc1ccc(NC(=O)N(C)C)cc1S(=O)(=O)Cl. The molecule has 0 bridgehead atoms. The number of hydrogen-bond donors (Lipinski definition) is 1. The molecule has 0 aliphatic rings. The molecule has 106 valence electrons. The molecule has 0 aliphatic carbocycles. The number of urea groups is 1. The average Bonchev–Trinajstić information content (AvgIpc) is 2.29. The average molecular weight is 307 g/mol. The lowest BCUT2D eigenvalue weighted by atomic mass is 10.3. The quantitative estimate of drug-likeness (QED) is 0.864. The Morgan fingerprint density at radius 3 is 2.53 bits per heavy atom. The van der Waals surface area contributed by atoms with Gasteiger partial charge in [0.2, 0.25) is 0 Å². The number of carbonyl (C=O) groups excluding carboxylic acids is 1. The van der Waals surface area contributed by atoms with Crippen LogP contribution < -0.4 is 10.1 Å². The molecule has 0 fully saturated rings. The van der Waals surface area contributed by atoms with Crippen LogP contribution in [-0.4, -0.2) is 40.1 Å². The molecule has 1 aromatic carbocycles. The molecule has 0 radical (unpaired) electrons. The van der Waals surface area contributed by atoms with Crippen molar-refractivity contribution in [1.82, 2.24) is 4.90 Å². The highest BCUT2D eigenvalue weighted by Crippen LogP contribution is 2.30. The van der Waals surface area contributed by atoms with Gasteiger partial charge in [0, 0.05) is 30.5 Å². The number of rotatable bonds is 4. The third-order valence-corrected chi connectivity index (χ3v) is 3.51. The molecule has 0 saturated carbocycles. The van der Waals surface area contributed by atoms with Crippen LogP contribution in [0.2, 0.25) is 0 Å². The van der Waals surface area contributed by atoms with E-state index in [1.807, 2.05) is 0 Å². The van der Waals surface area contributed by atoms with Gasteiger partial charge < -0.3 is 15.0 Å². The fraction of sp³-hybridized carbons (Fsp3) is 0.364. The predicted molar refractivity (Wildman–Crippen MR) is 73.4 cm³/mol. The monoisotopic (exact) mass is 306 g/mol. The van der Waals surface area contributed by atoms with E-state index in [1.165, 1.54) is 23.1 Å². The van der Waals surface area contributed by atoms with Gasteiger partial charge in [-0.3, -0.25) is 0 Å². The first-order valence-corrected chi connectivity index (χ1v) is 7.76. The molecule has 0 aromatic heterocycles. The lowest BCUT2D eigenvalue weighted by molar-refractivity contribution is 0.230. The lowest BCUT2D eigenvalue weighted by Crippen LogP contribution is -2.27. The van der Waals surface area contributed by atoms with E-state index < -0.39 is 9.05 Å². The van der Waals surface area contributed by atoms with Crippen molar-refractivity contribution in [1.29, 1.82) is 0 Å². The summed E-state index contributed by atoms with van der Waals surface area (Å²) in [4.78, 5) is 12.6. The third-order valence-electron chi connectivity index (χ3n) is 2.16. The van der Waals surface area contributed by atoms with E-state index in [2.05, 4.69) is 5.32 Å². The van der Waals surface area contributed by atoms with Gasteiger partial charge in [0.1, 0.15) is 10.6 Å². The minimum atomic E-state index is -3.95. The molecule has 8 heteroatoms. The zero-order valence-corrected chi connectivity index (χ0v) is 12.4. The maximum atomic E-state index is 11.5. The molecule has 0 heterocycles. The molecule has 2 amide bonds. The summed E-state index contributed by atoms with van der Waals surface area (Å²) in [6.45, 7) is 2.04. The second-order valence-electron chi connectivity index (χ2n) is 3.86. The summed E-state index contributed by atoms with van der Waals surface area (Å²) in [6.07, 6.45) is 0. The van der Waals surface area contributed by atoms with Crippen LogP contribution in [0.1, 0.15) is 6.92 Å². The standard InChI is InChI=1S/C11H15ClN2O4S/c1-4-18-9-6-5-8(13-11(15)14(2)3)7-10(9)19(12,16)17/h5-7H,4H2,1-3H3,(H,13,15). The van der Waals surface area contributed by atoms with Crippen molar-refractivity contribution in [2.45, 2.75) is 11.8 Å². The minimum absolute atomic E-state index is 0.153. The molecule has 6 nitrogen and oxygen atoms in total. The van der Waals surface area contributed by atoms with E-state index in [1.54, 1.807) is 21.0 Å². The van der Waals surface area contributed by atoms with Crippen LogP contribution in [0.15, 0.2) is 23.1 Å². The van der Waals surface area contributed by atoms with Gasteiger partial charge in [0.25, 0.3) is 9.05 Å². The van der Waals surface area contributed by atoms with Crippen molar-refractivity contribution in [3.63, 3.8) is 0 Å². The molecule has 1 aromatic rings. The van der Waals surface area contributed by atoms with Crippen LogP contribution >= 0.6 is 10.7 Å². The van der Waals surface area contributed by atoms with E-state index in [-0.39, 0.29) is 16.7 Å². The predicted octanol–water partition coefficient (Wildman–Crippen LogP) is 2.11. The number of nitrogens with one attached hydrogen (secondary N) is 1. The Morgan fingerprint density at radius 1 is 1.42 bits per heavy atom. The topological polar surface area (TPSA) is 75.7 Å². The maximum Gasteiger partial charge on any atom is 0.321 e. The first-order chi connectivity index (χ1) is 8.75. The molecule has 0 atom stereocenters. The Balaban J connectivity index is 3.15. The highest BCUT2D eigenvalue weighted by molar-refractivity contribution is 8.13. The van der Waals surface area contributed by atoms with Crippen molar-refractivity contribution in [3.8, 4) is 5.75 Å². The van der Waals surface area contributed by atoms with Gasteiger partial charge in [-0.15, -0.1) is 0 Å². The van der Waals surface area contributed by atoms with Crippen LogP contribution in [-0.2, 0) is 9.05 Å². The van der Waals surface area contributed by atoms with Gasteiger partial charge in [0.05, 0.1) is 6.61 Å². The summed E-state index contributed by atoms with van der Waals surface area (Å²) in [7, 11) is 4.53. The van der Waals surface area contributed by atoms with Crippen LogP contribution in [0.5, 0.6) is 5.75 Å². The van der Waals surface area contributed by atoms with Crippen molar-refractivity contribution in [2.24, 2.45) is 0 Å². The van der Waals surface area contributed by atoms with Crippen molar-refractivity contribution in [2.75, 3.05) is 26.0 Å². The number of carbonyl (C=O) groups is 1. The lowest BCUT2D eigenvalue weighted by Gasteiger charge is -2.14. The fourth-order valence-corrected chi connectivity index (χ4v) is 2.28. The molecule has 0 unspecified atom stereocenters. The van der Waals surface area contributed by atoms with E-state index >= 15 is 0 Å². The van der Waals surface area contributed by atoms with E-state index in [0.29, 0.717) is 12.3 Å². The fourth-order valence-electron chi connectivity index (χ4n) is 1.29. The number of anilines is 1. The summed E-state index contributed by atoms with van der Waals surface area (Å²) in [6, 6.07) is 3.87. The van der Waals surface area contributed by atoms with Crippen molar-refractivity contribution < 1.29 is 17.9 Å².